The molecule has 0 saturated heterocycles. The van der Waals surface area contributed by atoms with Crippen LogP contribution in [0, 0.1) is 11.6 Å². The fourth-order valence-corrected chi connectivity index (χ4v) is 1.55. The summed E-state index contributed by atoms with van der Waals surface area (Å²) in [6, 6.07) is 3.34. The van der Waals surface area contributed by atoms with E-state index in [-0.39, 0.29) is 0 Å². The van der Waals surface area contributed by atoms with Crippen LogP contribution in [0.15, 0.2) is 24.4 Å². The molecule has 0 radical (unpaired) electrons. The molecule has 2 N–H and O–H groups in total. The number of imidazole rings is 1. The van der Waals surface area contributed by atoms with Gasteiger partial charge in [-0.15, -0.1) is 0 Å². The molecule has 0 aliphatic heterocycles. The zero-order valence-electron chi connectivity index (χ0n) is 9.43. The van der Waals surface area contributed by atoms with E-state index in [1.54, 1.807) is 6.20 Å². The van der Waals surface area contributed by atoms with E-state index < -0.39 is 11.6 Å². The lowest BCUT2D eigenvalue weighted by Gasteiger charge is -1.99. The fraction of sp³-hybridized carbons (Fsp3) is 0.250. The van der Waals surface area contributed by atoms with Gasteiger partial charge in [-0.2, -0.15) is 0 Å². The molecule has 0 bridgehead atoms. The summed E-state index contributed by atoms with van der Waals surface area (Å²) in [5.41, 5.74) is 1.29. The maximum atomic E-state index is 13.0. The van der Waals surface area contributed by atoms with Gasteiger partial charge in [-0.1, -0.05) is 6.92 Å². The van der Waals surface area contributed by atoms with Crippen LogP contribution in [-0.2, 0) is 6.54 Å². The van der Waals surface area contributed by atoms with Gasteiger partial charge < -0.3 is 10.3 Å². The number of nitrogens with zero attached hydrogens (tertiary/aromatic N) is 1. The molecule has 3 nitrogen and oxygen atoms in total. The van der Waals surface area contributed by atoms with Crippen molar-refractivity contribution in [1.29, 1.82) is 0 Å². The van der Waals surface area contributed by atoms with Crippen LogP contribution < -0.4 is 5.32 Å². The van der Waals surface area contributed by atoms with Gasteiger partial charge >= 0.3 is 0 Å². The van der Waals surface area contributed by atoms with E-state index in [0.29, 0.717) is 17.9 Å². The minimum Gasteiger partial charge on any atom is -0.341 e. The summed E-state index contributed by atoms with van der Waals surface area (Å²) < 4.78 is 26.1. The van der Waals surface area contributed by atoms with Crippen molar-refractivity contribution in [3.05, 3.63) is 41.7 Å². The first-order valence-electron chi connectivity index (χ1n) is 5.40. The van der Waals surface area contributed by atoms with Crippen LogP contribution in [0.2, 0.25) is 0 Å². The summed E-state index contributed by atoms with van der Waals surface area (Å²) in [6.07, 6.45) is 1.65. The third-order valence-corrected chi connectivity index (χ3v) is 2.33. The smallest absolute Gasteiger partial charge is 0.137 e. The van der Waals surface area contributed by atoms with Crippen LogP contribution in [0.4, 0.5) is 8.78 Å². The van der Waals surface area contributed by atoms with Crippen molar-refractivity contribution in [3.8, 4) is 11.4 Å². The monoisotopic (exact) mass is 237 g/mol. The number of rotatable bonds is 4. The second-order valence-electron chi connectivity index (χ2n) is 3.70. The normalized spacial score (nSPS) is 10.8. The highest BCUT2D eigenvalue weighted by molar-refractivity contribution is 5.55. The number of aromatic nitrogens is 2. The lowest BCUT2D eigenvalue weighted by molar-refractivity contribution is 0.584. The minimum absolute atomic E-state index is 0.408. The van der Waals surface area contributed by atoms with Gasteiger partial charge in [0.1, 0.15) is 17.5 Å². The van der Waals surface area contributed by atoms with Crippen LogP contribution in [0.5, 0.6) is 0 Å². The summed E-state index contributed by atoms with van der Waals surface area (Å²) in [6.45, 7) is 3.50. The summed E-state index contributed by atoms with van der Waals surface area (Å²) in [5, 5.41) is 3.13. The molecule has 0 aliphatic carbocycles. The highest BCUT2D eigenvalue weighted by atomic mass is 19.1. The fourth-order valence-electron chi connectivity index (χ4n) is 1.55. The van der Waals surface area contributed by atoms with Gasteiger partial charge in [0.05, 0.1) is 0 Å². The molecule has 0 atom stereocenters. The van der Waals surface area contributed by atoms with Crippen molar-refractivity contribution in [2.24, 2.45) is 0 Å². The first-order valence-corrected chi connectivity index (χ1v) is 5.40. The third-order valence-electron chi connectivity index (χ3n) is 2.33. The van der Waals surface area contributed by atoms with E-state index in [4.69, 9.17) is 0 Å². The highest BCUT2D eigenvalue weighted by Crippen LogP contribution is 2.18. The quantitative estimate of drug-likeness (QED) is 0.857. The number of hydrogen-bond donors (Lipinski definition) is 2. The molecule has 1 heterocycles. The zero-order chi connectivity index (χ0) is 12.3. The van der Waals surface area contributed by atoms with Crippen molar-refractivity contribution in [1.82, 2.24) is 15.3 Å². The van der Waals surface area contributed by atoms with Gasteiger partial charge in [0.25, 0.3) is 0 Å². The summed E-state index contributed by atoms with van der Waals surface area (Å²) >= 11 is 0. The van der Waals surface area contributed by atoms with Crippen molar-refractivity contribution >= 4 is 0 Å². The standard InChI is InChI=1S/C12H13F2N3/c1-2-15-6-11-7-16-12(17-11)8-3-9(13)5-10(14)4-8/h3-5,7,15H,2,6H2,1H3,(H,16,17). The van der Waals surface area contributed by atoms with Crippen molar-refractivity contribution in [3.63, 3.8) is 0 Å². The first-order chi connectivity index (χ1) is 8.19. The summed E-state index contributed by atoms with van der Waals surface area (Å²) in [5.74, 6) is -0.745. The van der Waals surface area contributed by atoms with Crippen molar-refractivity contribution < 1.29 is 8.78 Å². The average Bonchev–Trinajstić information content (AvgIpc) is 2.73. The molecule has 1 aromatic carbocycles. The number of H-pyrrole nitrogens is 1. The molecular formula is C12H13F2N3. The van der Waals surface area contributed by atoms with Gasteiger partial charge in [-0.3, -0.25) is 0 Å². The van der Waals surface area contributed by atoms with Crippen LogP contribution in [0.25, 0.3) is 11.4 Å². The van der Waals surface area contributed by atoms with Crippen LogP contribution in [-0.4, -0.2) is 16.5 Å². The Balaban J connectivity index is 2.24. The SMILES string of the molecule is CCNCc1cnc(-c2cc(F)cc(F)c2)[nH]1. The third kappa shape index (κ3) is 2.88. The molecule has 0 fully saturated rings. The van der Waals surface area contributed by atoms with Gasteiger partial charge in [-0.25, -0.2) is 13.8 Å². The lowest BCUT2D eigenvalue weighted by Crippen LogP contribution is -2.11. The first kappa shape index (κ1) is 11.7. The minimum atomic E-state index is -0.607. The molecule has 0 aliphatic rings. The van der Waals surface area contributed by atoms with E-state index in [0.717, 1.165) is 18.3 Å². The molecular weight excluding hydrogens is 224 g/mol. The molecule has 90 valence electrons. The highest BCUT2D eigenvalue weighted by Gasteiger charge is 2.06. The van der Waals surface area contributed by atoms with Gasteiger partial charge in [0.15, 0.2) is 0 Å². The Morgan fingerprint density at radius 2 is 1.94 bits per heavy atom. The Kier molecular flexibility index (Phi) is 3.49. The van der Waals surface area contributed by atoms with Crippen molar-refractivity contribution in [2.45, 2.75) is 13.5 Å². The van der Waals surface area contributed by atoms with E-state index in [2.05, 4.69) is 15.3 Å². The molecule has 0 amide bonds. The maximum Gasteiger partial charge on any atom is 0.137 e. The predicted molar refractivity (Wildman–Crippen MR) is 61.3 cm³/mol. The second-order valence-corrected chi connectivity index (χ2v) is 3.70. The maximum absolute atomic E-state index is 13.0. The number of hydrogen-bond acceptors (Lipinski definition) is 2. The Hall–Kier alpha value is -1.75. The predicted octanol–water partition coefficient (Wildman–Crippen LogP) is 2.46. The zero-order valence-corrected chi connectivity index (χ0v) is 9.43. The van der Waals surface area contributed by atoms with Gasteiger partial charge in [-0.05, 0) is 18.7 Å². The number of nitrogens with one attached hydrogen (secondary N) is 2. The molecule has 2 rings (SSSR count). The Labute approximate surface area is 97.9 Å². The van der Waals surface area contributed by atoms with Crippen LogP contribution in [0.1, 0.15) is 12.6 Å². The molecule has 0 unspecified atom stereocenters. The Bertz CT molecular complexity index is 488. The number of halogens is 2. The van der Waals surface area contributed by atoms with Crippen molar-refractivity contribution in [2.75, 3.05) is 6.54 Å². The molecule has 0 saturated carbocycles. The van der Waals surface area contributed by atoms with E-state index in [1.165, 1.54) is 12.1 Å². The largest absolute Gasteiger partial charge is 0.341 e. The molecule has 1 aromatic heterocycles. The molecule has 17 heavy (non-hydrogen) atoms. The average molecular weight is 237 g/mol. The van der Waals surface area contributed by atoms with Crippen LogP contribution in [0.3, 0.4) is 0 Å². The van der Waals surface area contributed by atoms with Crippen LogP contribution >= 0.6 is 0 Å². The van der Waals surface area contributed by atoms with E-state index in [1.807, 2.05) is 6.92 Å². The van der Waals surface area contributed by atoms with Gasteiger partial charge in [0.2, 0.25) is 0 Å². The van der Waals surface area contributed by atoms with Gasteiger partial charge in [0, 0.05) is 30.1 Å². The van der Waals surface area contributed by atoms with E-state index >= 15 is 0 Å². The lowest BCUT2D eigenvalue weighted by atomic mass is 10.2. The molecule has 2 aromatic rings. The Morgan fingerprint density at radius 3 is 2.59 bits per heavy atom. The summed E-state index contributed by atoms with van der Waals surface area (Å²) in [7, 11) is 0. The van der Waals surface area contributed by atoms with E-state index in [9.17, 15) is 8.78 Å². The molecule has 0 spiro atoms. The molecule has 5 heteroatoms. The summed E-state index contributed by atoms with van der Waals surface area (Å²) in [4.78, 5) is 7.10. The second kappa shape index (κ2) is 5.05. The number of benzene rings is 1. The Morgan fingerprint density at radius 1 is 1.24 bits per heavy atom. The number of aromatic amines is 1. The topological polar surface area (TPSA) is 40.7 Å².